The molecule has 0 aliphatic heterocycles. The summed E-state index contributed by atoms with van der Waals surface area (Å²) >= 11 is 3.35. The molecule has 2 amide bonds. The molecule has 0 radical (unpaired) electrons. The zero-order valence-electron chi connectivity index (χ0n) is 14.1. The number of hydrazine groups is 1. The molecular formula is C19H23BrN2O3. The minimum absolute atomic E-state index is 0.0106. The molecule has 0 atom stereocenters. The standard InChI is InChI=1S/C19H23BrN2O3/c20-15-1-3-16(4-2-15)25-11-17(23)21-22-18(24)19-8-12-5-13(9-19)7-14(6-12)10-19/h1-4,12-14H,5-11H2,(H,21,23)(H,22,24). The van der Waals surface area contributed by atoms with Crippen molar-refractivity contribution >= 4 is 27.7 Å². The summed E-state index contributed by atoms with van der Waals surface area (Å²) in [4.78, 5) is 24.7. The lowest BCUT2D eigenvalue weighted by molar-refractivity contribution is -0.149. The van der Waals surface area contributed by atoms with Crippen LogP contribution in [-0.2, 0) is 9.59 Å². The molecule has 2 N–H and O–H groups in total. The number of halogens is 1. The van der Waals surface area contributed by atoms with E-state index in [1.54, 1.807) is 12.1 Å². The summed E-state index contributed by atoms with van der Waals surface area (Å²) in [5.74, 6) is 2.37. The number of nitrogens with one attached hydrogen (secondary N) is 2. The van der Waals surface area contributed by atoms with Crippen molar-refractivity contribution in [1.29, 1.82) is 0 Å². The predicted molar refractivity (Wildman–Crippen MR) is 96.5 cm³/mol. The molecule has 134 valence electrons. The minimum Gasteiger partial charge on any atom is -0.484 e. The highest BCUT2D eigenvalue weighted by Crippen LogP contribution is 2.59. The Kier molecular flexibility index (Phi) is 4.48. The molecule has 4 fully saturated rings. The van der Waals surface area contributed by atoms with Gasteiger partial charge < -0.3 is 4.74 Å². The van der Waals surface area contributed by atoms with E-state index in [2.05, 4.69) is 26.8 Å². The van der Waals surface area contributed by atoms with Crippen LogP contribution >= 0.6 is 15.9 Å². The largest absolute Gasteiger partial charge is 0.484 e. The topological polar surface area (TPSA) is 67.4 Å². The van der Waals surface area contributed by atoms with Crippen molar-refractivity contribution in [3.63, 3.8) is 0 Å². The molecule has 0 spiro atoms. The third kappa shape index (κ3) is 3.54. The van der Waals surface area contributed by atoms with E-state index in [0.717, 1.165) is 23.7 Å². The summed E-state index contributed by atoms with van der Waals surface area (Å²) in [6.07, 6.45) is 6.82. The number of carbonyl (C=O) groups excluding carboxylic acids is 2. The molecule has 4 saturated carbocycles. The van der Waals surface area contributed by atoms with Gasteiger partial charge >= 0.3 is 0 Å². The van der Waals surface area contributed by atoms with Crippen molar-refractivity contribution in [1.82, 2.24) is 10.9 Å². The van der Waals surface area contributed by atoms with Gasteiger partial charge in [0.15, 0.2) is 6.61 Å². The molecule has 5 rings (SSSR count). The van der Waals surface area contributed by atoms with Gasteiger partial charge in [-0.1, -0.05) is 15.9 Å². The number of carbonyl (C=O) groups is 2. The van der Waals surface area contributed by atoms with Gasteiger partial charge in [-0.3, -0.25) is 20.4 Å². The van der Waals surface area contributed by atoms with Crippen molar-refractivity contribution in [2.24, 2.45) is 23.2 Å². The van der Waals surface area contributed by atoms with E-state index in [-0.39, 0.29) is 23.8 Å². The quantitative estimate of drug-likeness (QED) is 0.754. The molecule has 1 aromatic carbocycles. The zero-order chi connectivity index (χ0) is 17.4. The van der Waals surface area contributed by atoms with E-state index in [1.807, 2.05) is 12.1 Å². The van der Waals surface area contributed by atoms with E-state index in [4.69, 9.17) is 4.74 Å². The van der Waals surface area contributed by atoms with Crippen molar-refractivity contribution in [2.75, 3.05) is 6.61 Å². The van der Waals surface area contributed by atoms with Crippen LogP contribution in [0.2, 0.25) is 0 Å². The summed E-state index contributed by atoms with van der Waals surface area (Å²) in [7, 11) is 0. The van der Waals surface area contributed by atoms with Crippen molar-refractivity contribution in [3.8, 4) is 5.75 Å². The Morgan fingerprint density at radius 2 is 1.56 bits per heavy atom. The average molecular weight is 407 g/mol. The highest BCUT2D eigenvalue weighted by Gasteiger charge is 2.54. The summed E-state index contributed by atoms with van der Waals surface area (Å²) < 4.78 is 6.37. The van der Waals surface area contributed by atoms with Crippen LogP contribution in [0.15, 0.2) is 28.7 Å². The van der Waals surface area contributed by atoms with Crippen LogP contribution in [0, 0.1) is 23.2 Å². The Balaban J connectivity index is 1.27. The van der Waals surface area contributed by atoms with Crippen LogP contribution in [0.5, 0.6) is 5.75 Å². The number of hydrogen-bond donors (Lipinski definition) is 2. The Bertz CT molecular complexity index is 638. The smallest absolute Gasteiger partial charge is 0.276 e. The molecular weight excluding hydrogens is 384 g/mol. The van der Waals surface area contributed by atoms with E-state index >= 15 is 0 Å². The second-order valence-corrected chi connectivity index (χ2v) is 8.86. The van der Waals surface area contributed by atoms with Crippen molar-refractivity contribution < 1.29 is 14.3 Å². The molecule has 4 aliphatic carbocycles. The third-order valence-electron chi connectivity index (χ3n) is 6.02. The van der Waals surface area contributed by atoms with Crippen LogP contribution in [0.3, 0.4) is 0 Å². The molecule has 0 unspecified atom stereocenters. The number of benzene rings is 1. The van der Waals surface area contributed by atoms with Gasteiger partial charge in [-0.2, -0.15) is 0 Å². The summed E-state index contributed by atoms with van der Waals surface area (Å²) in [6.45, 7) is -0.122. The maximum absolute atomic E-state index is 12.7. The predicted octanol–water partition coefficient (Wildman–Crippen LogP) is 3.19. The first-order chi connectivity index (χ1) is 12.0. The maximum atomic E-state index is 12.7. The van der Waals surface area contributed by atoms with Gasteiger partial charge in [0.25, 0.3) is 5.91 Å². The van der Waals surface area contributed by atoms with Gasteiger partial charge in [-0.05, 0) is 80.5 Å². The normalized spacial score (nSPS) is 32.3. The monoisotopic (exact) mass is 406 g/mol. The van der Waals surface area contributed by atoms with Gasteiger partial charge in [-0.15, -0.1) is 0 Å². The lowest BCUT2D eigenvalue weighted by Crippen LogP contribution is -2.57. The lowest BCUT2D eigenvalue weighted by Gasteiger charge is -2.55. The van der Waals surface area contributed by atoms with Gasteiger partial charge in [0.2, 0.25) is 5.91 Å². The fourth-order valence-electron chi connectivity index (χ4n) is 5.36. The molecule has 4 aliphatic rings. The molecule has 5 nitrogen and oxygen atoms in total. The second kappa shape index (κ2) is 6.63. The molecule has 0 aromatic heterocycles. The second-order valence-electron chi connectivity index (χ2n) is 7.94. The first-order valence-electron chi connectivity index (χ1n) is 9.00. The average Bonchev–Trinajstić information content (AvgIpc) is 2.58. The summed E-state index contributed by atoms with van der Waals surface area (Å²) in [5.41, 5.74) is 4.92. The van der Waals surface area contributed by atoms with Gasteiger partial charge in [-0.25, -0.2) is 0 Å². The molecule has 6 heteroatoms. The highest BCUT2D eigenvalue weighted by atomic mass is 79.9. The van der Waals surface area contributed by atoms with E-state index in [0.29, 0.717) is 23.5 Å². The number of hydrogen-bond acceptors (Lipinski definition) is 3. The third-order valence-corrected chi connectivity index (χ3v) is 6.55. The van der Waals surface area contributed by atoms with Crippen LogP contribution in [-0.4, -0.2) is 18.4 Å². The van der Waals surface area contributed by atoms with Crippen LogP contribution < -0.4 is 15.6 Å². The number of ether oxygens (including phenoxy) is 1. The first kappa shape index (κ1) is 16.9. The molecule has 4 bridgehead atoms. The fourth-order valence-corrected chi connectivity index (χ4v) is 5.63. The van der Waals surface area contributed by atoms with Gasteiger partial charge in [0.05, 0.1) is 5.41 Å². The molecule has 0 saturated heterocycles. The van der Waals surface area contributed by atoms with Crippen molar-refractivity contribution in [3.05, 3.63) is 28.7 Å². The zero-order valence-corrected chi connectivity index (χ0v) is 15.7. The SMILES string of the molecule is O=C(COc1ccc(Br)cc1)NNC(=O)C12CC3CC(CC(C3)C1)C2. The van der Waals surface area contributed by atoms with Crippen molar-refractivity contribution in [2.45, 2.75) is 38.5 Å². The van der Waals surface area contributed by atoms with Gasteiger partial charge in [0.1, 0.15) is 5.75 Å². The highest BCUT2D eigenvalue weighted by molar-refractivity contribution is 9.10. The minimum atomic E-state index is -0.346. The van der Waals surface area contributed by atoms with E-state index in [9.17, 15) is 9.59 Å². The molecule has 1 aromatic rings. The Morgan fingerprint density at radius 3 is 2.12 bits per heavy atom. The van der Waals surface area contributed by atoms with E-state index < -0.39 is 0 Å². The number of amides is 2. The molecule has 0 heterocycles. The van der Waals surface area contributed by atoms with Gasteiger partial charge in [0, 0.05) is 4.47 Å². The summed E-state index contributed by atoms with van der Waals surface area (Å²) in [6, 6.07) is 7.26. The number of rotatable bonds is 4. The van der Waals surface area contributed by atoms with Crippen LogP contribution in [0.25, 0.3) is 0 Å². The van der Waals surface area contributed by atoms with Crippen LogP contribution in [0.1, 0.15) is 38.5 Å². The molecule has 25 heavy (non-hydrogen) atoms. The van der Waals surface area contributed by atoms with E-state index in [1.165, 1.54) is 19.3 Å². The first-order valence-corrected chi connectivity index (χ1v) is 9.79. The lowest BCUT2D eigenvalue weighted by atomic mass is 9.49. The Hall–Kier alpha value is -1.56. The fraction of sp³-hybridized carbons (Fsp3) is 0.579. The Labute approximate surface area is 156 Å². The summed E-state index contributed by atoms with van der Waals surface area (Å²) in [5, 5.41) is 0. The maximum Gasteiger partial charge on any atom is 0.276 e. The van der Waals surface area contributed by atoms with Crippen LogP contribution in [0.4, 0.5) is 0 Å². The Morgan fingerprint density at radius 1 is 1.00 bits per heavy atom.